The number of hydrogen-bond donors (Lipinski definition) is 2. The number of aromatic nitrogens is 1. The highest BCUT2D eigenvalue weighted by Crippen LogP contribution is 2.65. The molecule has 1 aromatic heterocycles. The van der Waals surface area contributed by atoms with Crippen LogP contribution in [0.1, 0.15) is 19.3 Å². The fourth-order valence-corrected chi connectivity index (χ4v) is 4.00. The van der Waals surface area contributed by atoms with Crippen molar-refractivity contribution in [2.24, 2.45) is 0 Å². The van der Waals surface area contributed by atoms with Gasteiger partial charge in [0.05, 0.1) is 11.1 Å². The maximum absolute atomic E-state index is 10.8. The third kappa shape index (κ3) is 1.86. The summed E-state index contributed by atoms with van der Waals surface area (Å²) >= 11 is 5.91. The molecule has 1 amide bonds. The molecular weight excluding hydrogens is 288 g/mol. The second-order valence-corrected chi connectivity index (χ2v) is 6.72. The normalized spacial score (nSPS) is 29.4. The molecule has 0 unspecified atom stereocenters. The molecule has 5 rings (SSSR count). The van der Waals surface area contributed by atoms with E-state index in [1.807, 2.05) is 24.3 Å². The van der Waals surface area contributed by atoms with Crippen LogP contribution in [0.25, 0.3) is 11.1 Å². The Balaban J connectivity index is 1.52. The molecule has 3 aliphatic rings. The lowest BCUT2D eigenvalue weighted by Gasteiger charge is -2.70. The van der Waals surface area contributed by atoms with Gasteiger partial charge in [-0.15, -0.1) is 0 Å². The number of nitrogens with zero attached hydrogens (tertiary/aromatic N) is 1. The Labute approximate surface area is 127 Å². The Hall–Kier alpha value is -1.94. The van der Waals surface area contributed by atoms with Crippen LogP contribution < -0.4 is 5.32 Å². The zero-order chi connectivity index (χ0) is 14.7. The molecule has 3 aliphatic carbocycles. The zero-order valence-corrected chi connectivity index (χ0v) is 12.1. The highest BCUT2D eigenvalue weighted by molar-refractivity contribution is 6.30. The molecule has 0 spiro atoms. The third-order valence-electron chi connectivity index (χ3n) is 4.79. The van der Waals surface area contributed by atoms with E-state index in [9.17, 15) is 4.79 Å². The second kappa shape index (κ2) is 4.04. The lowest BCUT2D eigenvalue weighted by Crippen LogP contribution is -2.78. The van der Waals surface area contributed by atoms with Crippen LogP contribution >= 0.6 is 11.6 Å². The Bertz CT molecular complexity index is 700. The SMILES string of the molecule is O=C(O)NC12CC(n3ccc(-c4ccc(Cl)cc4)c3)(C1)C2. The van der Waals surface area contributed by atoms with Crippen molar-refractivity contribution in [3.63, 3.8) is 0 Å². The van der Waals surface area contributed by atoms with Gasteiger partial charge < -0.3 is 15.0 Å². The first-order valence-electron chi connectivity index (χ1n) is 6.96. The number of carbonyl (C=O) groups is 1. The average Bonchev–Trinajstić information content (AvgIpc) is 2.82. The average molecular weight is 303 g/mol. The number of nitrogens with one attached hydrogen (secondary N) is 1. The Morgan fingerprint density at radius 2 is 1.81 bits per heavy atom. The molecule has 1 heterocycles. The maximum Gasteiger partial charge on any atom is 0.405 e. The third-order valence-corrected chi connectivity index (χ3v) is 5.04. The van der Waals surface area contributed by atoms with Gasteiger partial charge in [0.15, 0.2) is 0 Å². The highest BCUT2D eigenvalue weighted by atomic mass is 35.5. The Morgan fingerprint density at radius 3 is 2.43 bits per heavy atom. The largest absolute Gasteiger partial charge is 0.465 e. The predicted molar refractivity (Wildman–Crippen MR) is 80.6 cm³/mol. The summed E-state index contributed by atoms with van der Waals surface area (Å²) in [5.41, 5.74) is 2.25. The van der Waals surface area contributed by atoms with Crippen molar-refractivity contribution in [2.45, 2.75) is 30.3 Å². The first kappa shape index (κ1) is 12.8. The van der Waals surface area contributed by atoms with Gasteiger partial charge in [-0.2, -0.15) is 0 Å². The molecule has 2 bridgehead atoms. The Morgan fingerprint density at radius 1 is 1.14 bits per heavy atom. The minimum atomic E-state index is -0.919. The van der Waals surface area contributed by atoms with Gasteiger partial charge in [-0.3, -0.25) is 0 Å². The van der Waals surface area contributed by atoms with E-state index >= 15 is 0 Å². The number of rotatable bonds is 3. The molecule has 0 atom stereocenters. The van der Waals surface area contributed by atoms with Gasteiger partial charge in [0.2, 0.25) is 0 Å². The molecule has 21 heavy (non-hydrogen) atoms. The van der Waals surface area contributed by atoms with Crippen molar-refractivity contribution in [1.82, 2.24) is 9.88 Å². The van der Waals surface area contributed by atoms with Crippen molar-refractivity contribution >= 4 is 17.7 Å². The number of halogens is 1. The van der Waals surface area contributed by atoms with Crippen LogP contribution in [0.15, 0.2) is 42.7 Å². The van der Waals surface area contributed by atoms with Crippen molar-refractivity contribution < 1.29 is 9.90 Å². The van der Waals surface area contributed by atoms with Crippen molar-refractivity contribution in [3.8, 4) is 11.1 Å². The lowest BCUT2D eigenvalue weighted by atomic mass is 9.44. The van der Waals surface area contributed by atoms with E-state index in [2.05, 4.69) is 28.3 Å². The first-order chi connectivity index (χ1) is 10.0. The van der Waals surface area contributed by atoms with Crippen LogP contribution in [0, 0.1) is 0 Å². The van der Waals surface area contributed by atoms with E-state index < -0.39 is 6.09 Å². The summed E-state index contributed by atoms with van der Waals surface area (Å²) in [6, 6.07) is 9.90. The number of hydrogen-bond acceptors (Lipinski definition) is 1. The van der Waals surface area contributed by atoms with Gasteiger partial charge in [-0.25, -0.2) is 4.79 Å². The van der Waals surface area contributed by atoms with Crippen LogP contribution in [-0.4, -0.2) is 21.3 Å². The summed E-state index contributed by atoms with van der Waals surface area (Å²) in [4.78, 5) is 10.8. The fourth-order valence-electron chi connectivity index (χ4n) is 3.87. The highest BCUT2D eigenvalue weighted by Gasteiger charge is 2.69. The molecule has 2 N–H and O–H groups in total. The Kier molecular flexibility index (Phi) is 2.46. The van der Waals surface area contributed by atoms with Gasteiger partial charge in [-0.1, -0.05) is 23.7 Å². The minimum Gasteiger partial charge on any atom is -0.465 e. The van der Waals surface area contributed by atoms with Crippen molar-refractivity contribution in [1.29, 1.82) is 0 Å². The molecular formula is C16H15ClN2O2. The van der Waals surface area contributed by atoms with Crippen LogP contribution in [-0.2, 0) is 5.54 Å². The molecule has 5 heteroatoms. The van der Waals surface area contributed by atoms with E-state index in [-0.39, 0.29) is 11.1 Å². The van der Waals surface area contributed by atoms with Crippen LogP contribution in [0.2, 0.25) is 5.02 Å². The van der Waals surface area contributed by atoms with Crippen LogP contribution in [0.4, 0.5) is 4.79 Å². The van der Waals surface area contributed by atoms with Gasteiger partial charge in [-0.05, 0) is 48.6 Å². The summed E-state index contributed by atoms with van der Waals surface area (Å²) in [6.45, 7) is 0. The minimum absolute atomic E-state index is 0.118. The van der Waals surface area contributed by atoms with E-state index in [1.165, 1.54) is 0 Å². The van der Waals surface area contributed by atoms with Gasteiger partial charge >= 0.3 is 6.09 Å². The van der Waals surface area contributed by atoms with E-state index in [0.29, 0.717) is 0 Å². The number of amides is 1. The summed E-state index contributed by atoms with van der Waals surface area (Å²) in [7, 11) is 0. The number of carboxylic acid groups (broad SMARTS) is 1. The van der Waals surface area contributed by atoms with Crippen molar-refractivity contribution in [3.05, 3.63) is 47.7 Å². The predicted octanol–water partition coefficient (Wildman–Crippen LogP) is 3.71. The summed E-state index contributed by atoms with van der Waals surface area (Å²) < 4.78 is 2.24. The quantitative estimate of drug-likeness (QED) is 0.908. The maximum atomic E-state index is 10.8. The van der Waals surface area contributed by atoms with E-state index in [4.69, 9.17) is 16.7 Å². The molecule has 3 fully saturated rings. The summed E-state index contributed by atoms with van der Waals surface area (Å²) in [5.74, 6) is 0. The van der Waals surface area contributed by atoms with Gasteiger partial charge in [0, 0.05) is 17.4 Å². The van der Waals surface area contributed by atoms with Crippen molar-refractivity contribution in [2.75, 3.05) is 0 Å². The van der Waals surface area contributed by atoms with E-state index in [0.717, 1.165) is 35.4 Å². The topological polar surface area (TPSA) is 54.3 Å². The molecule has 1 aromatic carbocycles. The molecule has 0 radical (unpaired) electrons. The fraction of sp³-hybridized carbons (Fsp3) is 0.312. The standard InChI is InChI=1S/C16H15ClN2O2/c17-13-3-1-11(2-4-13)12-5-6-19(7-12)16-8-15(9-16,10-16)18-14(20)21/h1-7,18H,8-10H2,(H,20,21). The monoisotopic (exact) mass is 302 g/mol. The molecule has 0 aliphatic heterocycles. The molecule has 108 valence electrons. The van der Waals surface area contributed by atoms with E-state index in [1.54, 1.807) is 0 Å². The number of benzene rings is 1. The zero-order valence-electron chi connectivity index (χ0n) is 11.3. The van der Waals surface area contributed by atoms with Crippen LogP contribution in [0.3, 0.4) is 0 Å². The smallest absolute Gasteiger partial charge is 0.405 e. The van der Waals surface area contributed by atoms with Crippen LogP contribution in [0.5, 0.6) is 0 Å². The van der Waals surface area contributed by atoms with Gasteiger partial charge in [0.25, 0.3) is 0 Å². The van der Waals surface area contributed by atoms with Gasteiger partial charge in [0.1, 0.15) is 0 Å². The lowest BCUT2D eigenvalue weighted by molar-refractivity contribution is -0.132. The summed E-state index contributed by atoms with van der Waals surface area (Å²) in [6.07, 6.45) is 5.99. The molecule has 0 saturated heterocycles. The summed E-state index contributed by atoms with van der Waals surface area (Å²) in [5, 5.41) is 12.2. The molecule has 4 nitrogen and oxygen atoms in total. The molecule has 3 saturated carbocycles. The second-order valence-electron chi connectivity index (χ2n) is 6.28. The first-order valence-corrected chi connectivity index (χ1v) is 7.34. The molecule has 2 aromatic rings.